The third-order valence-electron chi connectivity index (χ3n) is 4.08. The zero-order valence-corrected chi connectivity index (χ0v) is 11.5. The highest BCUT2D eigenvalue weighted by Crippen LogP contribution is 2.24. The number of hydrogen-bond donors (Lipinski definition) is 0. The van der Waals surface area contributed by atoms with Gasteiger partial charge < -0.3 is 0 Å². The Hall–Kier alpha value is -1.83. The van der Waals surface area contributed by atoms with E-state index in [1.54, 1.807) is 11.5 Å². The lowest BCUT2D eigenvalue weighted by atomic mass is 9.89. The Morgan fingerprint density at radius 2 is 1.89 bits per heavy atom. The molecule has 0 unspecified atom stereocenters. The van der Waals surface area contributed by atoms with E-state index >= 15 is 0 Å². The molecule has 5 heteroatoms. The Labute approximate surface area is 112 Å². The third-order valence-corrected chi connectivity index (χ3v) is 4.08. The van der Waals surface area contributed by atoms with Crippen molar-refractivity contribution in [2.45, 2.75) is 45.6 Å². The van der Waals surface area contributed by atoms with Gasteiger partial charge in [0.05, 0.1) is 0 Å². The molecule has 1 aliphatic rings. The van der Waals surface area contributed by atoms with E-state index in [1.165, 1.54) is 26.3 Å². The maximum Gasteiger partial charge on any atom is 0.330 e. The second-order valence-corrected chi connectivity index (χ2v) is 5.33. The Kier molecular flexibility index (Phi) is 3.89. The van der Waals surface area contributed by atoms with Crippen LogP contribution in [0.15, 0.2) is 9.59 Å². The van der Waals surface area contributed by atoms with Crippen LogP contribution in [0.25, 0.3) is 0 Å². The van der Waals surface area contributed by atoms with Gasteiger partial charge in [-0.25, -0.2) is 4.79 Å². The maximum atomic E-state index is 12.2. The smallest absolute Gasteiger partial charge is 0.296 e. The molecule has 1 aliphatic carbocycles. The molecular weight excluding hydrogens is 242 g/mol. The van der Waals surface area contributed by atoms with Gasteiger partial charge in [-0.05, 0) is 25.7 Å². The minimum absolute atomic E-state index is 0.0814. The summed E-state index contributed by atoms with van der Waals surface area (Å²) < 4.78 is 2.63. The van der Waals surface area contributed by atoms with Crippen molar-refractivity contribution in [3.8, 4) is 6.07 Å². The zero-order valence-electron chi connectivity index (χ0n) is 11.5. The lowest BCUT2D eigenvalue weighted by Gasteiger charge is -2.23. The summed E-state index contributed by atoms with van der Waals surface area (Å²) in [6, 6.07) is 1.92. The minimum atomic E-state index is -0.495. The van der Waals surface area contributed by atoms with Crippen LogP contribution >= 0.6 is 0 Å². The molecule has 0 aliphatic heterocycles. The molecule has 1 heterocycles. The molecule has 102 valence electrons. The molecule has 0 bridgehead atoms. The van der Waals surface area contributed by atoms with Crippen LogP contribution in [0.3, 0.4) is 0 Å². The summed E-state index contributed by atoms with van der Waals surface area (Å²) in [6.45, 7) is 2.30. The van der Waals surface area contributed by atoms with Crippen LogP contribution in [0, 0.1) is 24.2 Å². The van der Waals surface area contributed by atoms with E-state index in [2.05, 4.69) is 0 Å². The highest BCUT2D eigenvalue weighted by Gasteiger charge is 2.19. The third kappa shape index (κ3) is 2.48. The van der Waals surface area contributed by atoms with E-state index in [0.29, 0.717) is 18.2 Å². The maximum absolute atomic E-state index is 12.2. The summed E-state index contributed by atoms with van der Waals surface area (Å²) in [7, 11) is 1.43. The number of aromatic nitrogens is 2. The summed E-state index contributed by atoms with van der Waals surface area (Å²) in [4.78, 5) is 24.0. The highest BCUT2D eigenvalue weighted by molar-refractivity contribution is 5.30. The van der Waals surface area contributed by atoms with Crippen molar-refractivity contribution in [3.63, 3.8) is 0 Å². The van der Waals surface area contributed by atoms with Crippen LogP contribution in [0.5, 0.6) is 0 Å². The molecule has 1 saturated carbocycles. The highest BCUT2D eigenvalue weighted by atomic mass is 16.2. The Balaban J connectivity index is 2.45. The molecule has 0 N–H and O–H groups in total. The average molecular weight is 261 g/mol. The summed E-state index contributed by atoms with van der Waals surface area (Å²) in [5.74, 6) is 0.481. The number of rotatable bonds is 2. The van der Waals surface area contributed by atoms with Crippen LogP contribution in [-0.2, 0) is 13.6 Å². The quantitative estimate of drug-likeness (QED) is 0.806. The van der Waals surface area contributed by atoms with Gasteiger partial charge >= 0.3 is 5.69 Å². The molecule has 0 amide bonds. The zero-order chi connectivity index (χ0) is 14.0. The first-order valence-corrected chi connectivity index (χ1v) is 6.76. The normalized spacial score (nSPS) is 16.3. The van der Waals surface area contributed by atoms with Crippen molar-refractivity contribution in [3.05, 3.63) is 32.1 Å². The van der Waals surface area contributed by atoms with Gasteiger partial charge in [-0.15, -0.1) is 0 Å². The molecule has 19 heavy (non-hydrogen) atoms. The van der Waals surface area contributed by atoms with Crippen molar-refractivity contribution in [1.29, 1.82) is 5.26 Å². The van der Waals surface area contributed by atoms with Gasteiger partial charge in [-0.3, -0.25) is 13.9 Å². The molecule has 5 nitrogen and oxygen atoms in total. The van der Waals surface area contributed by atoms with Crippen LogP contribution in [0.1, 0.15) is 43.4 Å². The predicted octanol–water partition coefficient (Wildman–Crippen LogP) is 1.31. The summed E-state index contributed by atoms with van der Waals surface area (Å²) in [5.41, 5.74) is -0.226. The second kappa shape index (κ2) is 5.43. The van der Waals surface area contributed by atoms with E-state index in [0.717, 1.165) is 17.4 Å². The van der Waals surface area contributed by atoms with Crippen LogP contribution in [0.4, 0.5) is 0 Å². The van der Waals surface area contributed by atoms with Crippen LogP contribution in [0.2, 0.25) is 0 Å². The molecule has 1 aromatic heterocycles. The molecule has 0 atom stereocenters. The fourth-order valence-electron chi connectivity index (χ4n) is 2.84. The monoisotopic (exact) mass is 261 g/mol. The van der Waals surface area contributed by atoms with Crippen molar-refractivity contribution >= 4 is 0 Å². The topological polar surface area (TPSA) is 67.8 Å². The SMILES string of the molecule is Cc1c(C#N)c(=O)n(C)c(=O)n1CC1CCCCC1. The number of hydrogen-bond acceptors (Lipinski definition) is 3. The molecule has 0 radical (unpaired) electrons. The fraction of sp³-hybridized carbons (Fsp3) is 0.643. The molecule has 1 aromatic rings. The second-order valence-electron chi connectivity index (χ2n) is 5.33. The van der Waals surface area contributed by atoms with Crippen molar-refractivity contribution in [1.82, 2.24) is 9.13 Å². The van der Waals surface area contributed by atoms with Crippen LogP contribution < -0.4 is 11.2 Å². The van der Waals surface area contributed by atoms with E-state index in [1.807, 2.05) is 6.07 Å². The first-order valence-electron chi connectivity index (χ1n) is 6.76. The van der Waals surface area contributed by atoms with E-state index < -0.39 is 5.56 Å². The molecule has 0 aromatic carbocycles. The lowest BCUT2D eigenvalue weighted by Crippen LogP contribution is -2.42. The largest absolute Gasteiger partial charge is 0.330 e. The molecule has 2 rings (SSSR count). The molecule has 0 saturated heterocycles. The molecule has 1 fully saturated rings. The summed E-state index contributed by atoms with van der Waals surface area (Å²) >= 11 is 0. The fourth-order valence-corrected chi connectivity index (χ4v) is 2.84. The first-order chi connectivity index (χ1) is 9.06. The van der Waals surface area contributed by atoms with Gasteiger partial charge in [0.15, 0.2) is 0 Å². The Bertz CT molecular complexity index is 628. The van der Waals surface area contributed by atoms with Gasteiger partial charge in [0.2, 0.25) is 0 Å². The van der Waals surface area contributed by atoms with Gasteiger partial charge in [-0.2, -0.15) is 5.26 Å². The van der Waals surface area contributed by atoms with E-state index in [9.17, 15) is 9.59 Å². The molecular formula is C14H19N3O2. The average Bonchev–Trinajstić information content (AvgIpc) is 2.43. The summed E-state index contributed by atoms with van der Waals surface area (Å²) in [5, 5.41) is 9.07. The van der Waals surface area contributed by atoms with Crippen molar-refractivity contribution in [2.75, 3.05) is 0 Å². The van der Waals surface area contributed by atoms with Gasteiger partial charge in [-0.1, -0.05) is 19.3 Å². The number of nitriles is 1. The Morgan fingerprint density at radius 3 is 2.47 bits per heavy atom. The molecule has 0 spiro atoms. The van der Waals surface area contributed by atoms with E-state index in [-0.39, 0.29) is 11.3 Å². The summed E-state index contributed by atoms with van der Waals surface area (Å²) in [6.07, 6.45) is 5.92. The first kappa shape index (κ1) is 13.6. The van der Waals surface area contributed by atoms with Gasteiger partial charge in [0.1, 0.15) is 11.6 Å². The van der Waals surface area contributed by atoms with Crippen molar-refractivity contribution in [2.24, 2.45) is 13.0 Å². The Morgan fingerprint density at radius 1 is 1.26 bits per heavy atom. The lowest BCUT2D eigenvalue weighted by molar-refractivity contribution is 0.309. The van der Waals surface area contributed by atoms with E-state index in [4.69, 9.17) is 5.26 Å². The standard InChI is InChI=1S/C14H19N3O2/c1-10-12(8-15)13(18)16(2)14(19)17(10)9-11-6-4-3-5-7-11/h11H,3-7,9H2,1-2H3. The van der Waals surface area contributed by atoms with Crippen molar-refractivity contribution < 1.29 is 0 Å². The number of nitrogens with zero attached hydrogens (tertiary/aromatic N) is 3. The predicted molar refractivity (Wildman–Crippen MR) is 72.0 cm³/mol. The minimum Gasteiger partial charge on any atom is -0.296 e. The van der Waals surface area contributed by atoms with Gasteiger partial charge in [0, 0.05) is 19.3 Å². The van der Waals surface area contributed by atoms with Gasteiger partial charge in [0.25, 0.3) is 5.56 Å². The van der Waals surface area contributed by atoms with Crippen LogP contribution in [-0.4, -0.2) is 9.13 Å².